The van der Waals surface area contributed by atoms with E-state index in [1.165, 1.54) is 0 Å². The van der Waals surface area contributed by atoms with Gasteiger partial charge in [0.25, 0.3) is 0 Å². The van der Waals surface area contributed by atoms with Crippen LogP contribution in [0, 0.1) is 5.92 Å². The molecule has 0 heterocycles. The summed E-state index contributed by atoms with van der Waals surface area (Å²) >= 11 is 0. The van der Waals surface area contributed by atoms with E-state index in [9.17, 15) is 4.79 Å². The molecular weight excluding hydrogens is 214 g/mol. The van der Waals surface area contributed by atoms with Crippen LogP contribution in [0.1, 0.15) is 38.9 Å². The molecule has 0 spiro atoms. The molecule has 0 saturated heterocycles. The molecule has 0 aliphatic carbocycles. The van der Waals surface area contributed by atoms with Crippen LogP contribution < -0.4 is 5.73 Å². The van der Waals surface area contributed by atoms with Gasteiger partial charge >= 0.3 is 5.97 Å². The number of rotatable bonds is 5. The van der Waals surface area contributed by atoms with Crippen LogP contribution in [0.25, 0.3) is 0 Å². The van der Waals surface area contributed by atoms with E-state index >= 15 is 0 Å². The summed E-state index contributed by atoms with van der Waals surface area (Å²) in [4.78, 5) is 11.8. The molecule has 0 aromatic heterocycles. The van der Waals surface area contributed by atoms with E-state index < -0.39 is 6.04 Å². The van der Waals surface area contributed by atoms with Gasteiger partial charge in [-0.05, 0) is 18.4 Å². The predicted octanol–water partition coefficient (Wildman–Crippen LogP) is 2.66. The number of nitrogens with two attached hydrogens (primary N) is 1. The smallest absolute Gasteiger partial charge is 0.323 e. The minimum absolute atomic E-state index is 0.144. The van der Waals surface area contributed by atoms with Gasteiger partial charge in [-0.15, -0.1) is 0 Å². The highest BCUT2D eigenvalue weighted by Gasteiger charge is 2.23. The molecule has 3 heteroatoms. The molecule has 3 atom stereocenters. The monoisotopic (exact) mass is 235 g/mol. The van der Waals surface area contributed by atoms with Gasteiger partial charge in [0.05, 0.1) is 0 Å². The third-order valence-corrected chi connectivity index (χ3v) is 3.09. The summed E-state index contributed by atoms with van der Waals surface area (Å²) in [7, 11) is 0. The molecule has 0 aliphatic heterocycles. The molecule has 17 heavy (non-hydrogen) atoms. The third-order valence-electron chi connectivity index (χ3n) is 3.09. The van der Waals surface area contributed by atoms with Gasteiger partial charge < -0.3 is 10.5 Å². The van der Waals surface area contributed by atoms with Crippen molar-refractivity contribution in [3.8, 4) is 0 Å². The molecule has 0 fully saturated rings. The average molecular weight is 235 g/mol. The maximum absolute atomic E-state index is 11.8. The van der Waals surface area contributed by atoms with E-state index in [4.69, 9.17) is 10.5 Å². The zero-order chi connectivity index (χ0) is 12.8. The van der Waals surface area contributed by atoms with Gasteiger partial charge in [0.1, 0.15) is 12.1 Å². The molecule has 0 bridgehead atoms. The van der Waals surface area contributed by atoms with Crippen LogP contribution in [0.5, 0.6) is 0 Å². The van der Waals surface area contributed by atoms with Crippen molar-refractivity contribution in [2.75, 3.05) is 0 Å². The summed E-state index contributed by atoms with van der Waals surface area (Å²) in [5.74, 6) is -0.179. The minimum atomic E-state index is -0.536. The van der Waals surface area contributed by atoms with E-state index in [0.29, 0.717) is 0 Å². The summed E-state index contributed by atoms with van der Waals surface area (Å²) in [5, 5.41) is 0. The largest absolute Gasteiger partial charge is 0.457 e. The van der Waals surface area contributed by atoms with Gasteiger partial charge in [0.2, 0.25) is 0 Å². The number of ether oxygens (including phenoxy) is 1. The first-order valence-electron chi connectivity index (χ1n) is 6.07. The van der Waals surface area contributed by atoms with Crippen molar-refractivity contribution < 1.29 is 9.53 Å². The first-order chi connectivity index (χ1) is 8.06. The summed E-state index contributed by atoms with van der Waals surface area (Å²) in [5.41, 5.74) is 6.81. The molecular formula is C14H21NO2. The Morgan fingerprint density at radius 3 is 2.41 bits per heavy atom. The second-order valence-electron chi connectivity index (χ2n) is 4.40. The highest BCUT2D eigenvalue weighted by molar-refractivity contribution is 5.76. The van der Waals surface area contributed by atoms with Crippen molar-refractivity contribution in [1.82, 2.24) is 0 Å². The fourth-order valence-corrected chi connectivity index (χ4v) is 1.53. The van der Waals surface area contributed by atoms with Gasteiger partial charge in [-0.2, -0.15) is 0 Å². The fraction of sp³-hybridized carbons (Fsp3) is 0.500. The van der Waals surface area contributed by atoms with Crippen LogP contribution >= 0.6 is 0 Å². The average Bonchev–Trinajstić information content (AvgIpc) is 2.37. The minimum Gasteiger partial charge on any atom is -0.457 e. The molecule has 1 rings (SSSR count). The van der Waals surface area contributed by atoms with Crippen molar-refractivity contribution in [2.45, 2.75) is 39.3 Å². The van der Waals surface area contributed by atoms with Crippen LogP contribution in [-0.4, -0.2) is 12.0 Å². The molecule has 0 amide bonds. The fourth-order valence-electron chi connectivity index (χ4n) is 1.53. The third kappa shape index (κ3) is 3.86. The van der Waals surface area contributed by atoms with Crippen LogP contribution in [0.15, 0.2) is 30.3 Å². The second-order valence-corrected chi connectivity index (χ2v) is 4.40. The van der Waals surface area contributed by atoms with E-state index in [-0.39, 0.29) is 18.0 Å². The zero-order valence-electron chi connectivity index (χ0n) is 10.7. The summed E-state index contributed by atoms with van der Waals surface area (Å²) in [6, 6.07) is 9.12. The zero-order valence-corrected chi connectivity index (χ0v) is 10.7. The number of benzene rings is 1. The Bertz CT molecular complexity index is 350. The molecule has 0 radical (unpaired) electrons. The quantitative estimate of drug-likeness (QED) is 0.798. The molecule has 94 valence electrons. The van der Waals surface area contributed by atoms with Crippen molar-refractivity contribution in [1.29, 1.82) is 0 Å². The number of carbonyl (C=O) groups is 1. The SMILES string of the molecule is CCC(C)[C@H](N)C(=O)OC(C)c1ccccc1. The number of carbonyl (C=O) groups excluding carboxylic acids is 1. The summed E-state index contributed by atoms with van der Waals surface area (Å²) < 4.78 is 5.36. The van der Waals surface area contributed by atoms with Gasteiger partial charge in [-0.25, -0.2) is 0 Å². The lowest BCUT2D eigenvalue weighted by Crippen LogP contribution is -2.38. The van der Waals surface area contributed by atoms with Crippen LogP contribution in [-0.2, 0) is 9.53 Å². The van der Waals surface area contributed by atoms with Crippen molar-refractivity contribution >= 4 is 5.97 Å². The van der Waals surface area contributed by atoms with E-state index in [0.717, 1.165) is 12.0 Å². The second kappa shape index (κ2) is 6.40. The number of esters is 1. The standard InChI is InChI=1S/C14H21NO2/c1-4-10(2)13(15)14(16)17-11(3)12-8-6-5-7-9-12/h5-11,13H,4,15H2,1-3H3/t10?,11?,13-/m0/s1. The van der Waals surface area contributed by atoms with Crippen LogP contribution in [0.3, 0.4) is 0 Å². The predicted molar refractivity (Wildman–Crippen MR) is 68.4 cm³/mol. The maximum Gasteiger partial charge on any atom is 0.323 e. The van der Waals surface area contributed by atoms with Crippen molar-refractivity contribution in [3.63, 3.8) is 0 Å². The molecule has 1 aromatic rings. The lowest BCUT2D eigenvalue weighted by atomic mass is 10.0. The summed E-state index contributed by atoms with van der Waals surface area (Å²) in [6.45, 7) is 5.83. The van der Waals surface area contributed by atoms with Crippen LogP contribution in [0.4, 0.5) is 0 Å². The molecule has 2 unspecified atom stereocenters. The molecule has 0 aliphatic rings. The van der Waals surface area contributed by atoms with Gasteiger partial charge in [0.15, 0.2) is 0 Å². The van der Waals surface area contributed by atoms with E-state index in [2.05, 4.69) is 0 Å². The van der Waals surface area contributed by atoms with Crippen molar-refractivity contribution in [2.24, 2.45) is 11.7 Å². The molecule has 1 aromatic carbocycles. The van der Waals surface area contributed by atoms with Gasteiger partial charge in [-0.1, -0.05) is 50.6 Å². The van der Waals surface area contributed by atoms with Gasteiger partial charge in [0, 0.05) is 0 Å². The molecule has 2 N–H and O–H groups in total. The number of hydrogen-bond donors (Lipinski definition) is 1. The lowest BCUT2D eigenvalue weighted by Gasteiger charge is -2.20. The first kappa shape index (κ1) is 13.7. The Balaban J connectivity index is 2.57. The van der Waals surface area contributed by atoms with Crippen LogP contribution in [0.2, 0.25) is 0 Å². The Morgan fingerprint density at radius 1 is 1.29 bits per heavy atom. The normalized spacial score (nSPS) is 16.0. The Hall–Kier alpha value is -1.35. The topological polar surface area (TPSA) is 52.3 Å². The Kier molecular flexibility index (Phi) is 5.16. The lowest BCUT2D eigenvalue weighted by molar-refractivity contribution is -0.151. The first-order valence-corrected chi connectivity index (χ1v) is 6.07. The summed E-state index contributed by atoms with van der Waals surface area (Å²) in [6.07, 6.45) is 0.620. The maximum atomic E-state index is 11.8. The highest BCUT2D eigenvalue weighted by Crippen LogP contribution is 2.18. The highest BCUT2D eigenvalue weighted by atomic mass is 16.5. The molecule has 3 nitrogen and oxygen atoms in total. The van der Waals surface area contributed by atoms with E-state index in [1.54, 1.807) is 0 Å². The Labute approximate surface area is 103 Å². The number of hydrogen-bond acceptors (Lipinski definition) is 3. The molecule has 0 saturated carbocycles. The Morgan fingerprint density at radius 2 is 1.88 bits per heavy atom. The van der Waals surface area contributed by atoms with Crippen molar-refractivity contribution in [3.05, 3.63) is 35.9 Å². The van der Waals surface area contributed by atoms with Gasteiger partial charge in [-0.3, -0.25) is 4.79 Å². The van der Waals surface area contributed by atoms with E-state index in [1.807, 2.05) is 51.1 Å².